The van der Waals surface area contributed by atoms with E-state index in [-0.39, 0.29) is 62.8 Å². The molecule has 2 heterocycles. The van der Waals surface area contributed by atoms with Crippen molar-refractivity contribution < 1.29 is 26.3 Å². The summed E-state index contributed by atoms with van der Waals surface area (Å²) in [6, 6.07) is 2.48. The highest BCUT2D eigenvalue weighted by atomic mass is 32.2. The first-order valence-electron chi connectivity index (χ1n) is 10.1. The summed E-state index contributed by atoms with van der Waals surface area (Å²) in [6.07, 6.45) is -0.984. The second-order valence-corrected chi connectivity index (χ2v) is 11.0. The van der Waals surface area contributed by atoms with E-state index in [0.29, 0.717) is 0 Å². The van der Waals surface area contributed by atoms with Gasteiger partial charge in [-0.15, -0.1) is 5.11 Å². The zero-order chi connectivity index (χ0) is 24.4. The normalized spacial score (nSPS) is 19.5. The van der Waals surface area contributed by atoms with Crippen molar-refractivity contribution in [3.05, 3.63) is 17.7 Å². The number of sulfonamides is 2. The number of nitrogens with zero attached hydrogens (tertiary/aromatic N) is 4. The molecule has 0 unspecified atom stereocenters. The molecule has 1 atom stereocenters. The smallest absolute Gasteiger partial charge is 0.242 e. The number of halogens is 1. The SMILES string of the molecule is NC[C@@H](O)CNS(=O)(=O)c1ccc(N2CCC(F)(CN)CC2)c(C2=NCN=N2)c1S(N)(=O)=O. The zero-order valence-corrected chi connectivity index (χ0v) is 19.3. The molecule has 0 aliphatic carbocycles. The molecule has 33 heavy (non-hydrogen) atoms. The lowest BCUT2D eigenvalue weighted by molar-refractivity contribution is 0.135. The molecule has 8 N–H and O–H groups in total. The summed E-state index contributed by atoms with van der Waals surface area (Å²) >= 11 is 0. The number of primary sulfonamides is 1. The molecule has 0 aromatic heterocycles. The summed E-state index contributed by atoms with van der Waals surface area (Å²) in [5.74, 6) is -0.107. The number of hydrogen-bond donors (Lipinski definition) is 5. The highest BCUT2D eigenvalue weighted by molar-refractivity contribution is 7.92. The average molecular weight is 507 g/mol. The lowest BCUT2D eigenvalue weighted by Gasteiger charge is -2.38. The minimum atomic E-state index is -4.63. The number of benzene rings is 1. The number of hydrogen-bond acceptors (Lipinski definition) is 11. The predicted octanol–water partition coefficient (Wildman–Crippen LogP) is -1.63. The van der Waals surface area contributed by atoms with E-state index < -0.39 is 48.2 Å². The lowest BCUT2D eigenvalue weighted by Crippen LogP contribution is -2.46. The number of nitrogens with one attached hydrogen (secondary N) is 1. The van der Waals surface area contributed by atoms with Gasteiger partial charge in [0, 0.05) is 51.3 Å². The van der Waals surface area contributed by atoms with Crippen molar-refractivity contribution in [3.63, 3.8) is 0 Å². The number of rotatable bonds is 9. The van der Waals surface area contributed by atoms with Gasteiger partial charge in [0.2, 0.25) is 20.0 Å². The number of aliphatic hydroxyl groups is 1. The molecule has 16 heteroatoms. The van der Waals surface area contributed by atoms with Crippen LogP contribution in [0, 0.1) is 0 Å². The van der Waals surface area contributed by atoms with Gasteiger partial charge in [-0.05, 0) is 12.1 Å². The van der Waals surface area contributed by atoms with Crippen LogP contribution in [0.25, 0.3) is 0 Å². The van der Waals surface area contributed by atoms with Crippen LogP contribution in [0.2, 0.25) is 0 Å². The van der Waals surface area contributed by atoms with E-state index in [0.717, 1.165) is 6.07 Å². The summed E-state index contributed by atoms with van der Waals surface area (Å²) in [5, 5.41) is 22.7. The monoisotopic (exact) mass is 506 g/mol. The fourth-order valence-corrected chi connectivity index (χ4v) is 6.27. The summed E-state index contributed by atoms with van der Waals surface area (Å²) < 4.78 is 67.9. The van der Waals surface area contributed by atoms with E-state index in [1.165, 1.54) is 6.07 Å². The van der Waals surface area contributed by atoms with Crippen LogP contribution in [0.15, 0.2) is 37.1 Å². The van der Waals surface area contributed by atoms with Crippen LogP contribution in [-0.2, 0) is 20.0 Å². The maximum atomic E-state index is 14.6. The number of aliphatic imine (C=N–C) groups is 1. The molecule has 0 spiro atoms. The first-order chi connectivity index (χ1) is 15.4. The second kappa shape index (κ2) is 9.65. The van der Waals surface area contributed by atoms with E-state index >= 15 is 0 Å². The molecule has 0 amide bonds. The van der Waals surface area contributed by atoms with Crippen molar-refractivity contribution in [2.75, 3.05) is 44.3 Å². The van der Waals surface area contributed by atoms with Crippen LogP contribution in [0.4, 0.5) is 10.1 Å². The van der Waals surface area contributed by atoms with E-state index in [4.69, 9.17) is 16.6 Å². The molecule has 2 aliphatic rings. The number of amidine groups is 1. The third-order valence-electron chi connectivity index (χ3n) is 5.49. The lowest BCUT2D eigenvalue weighted by atomic mass is 9.93. The van der Waals surface area contributed by atoms with Gasteiger partial charge >= 0.3 is 0 Å². The third kappa shape index (κ3) is 5.53. The quantitative estimate of drug-likeness (QED) is 0.261. The Hall–Kier alpha value is -2.08. The molecule has 3 rings (SSSR count). The topological polar surface area (TPSA) is 219 Å². The van der Waals surface area contributed by atoms with Crippen LogP contribution >= 0.6 is 0 Å². The molecule has 0 bridgehead atoms. The predicted molar refractivity (Wildman–Crippen MR) is 119 cm³/mol. The largest absolute Gasteiger partial charge is 0.390 e. The van der Waals surface area contributed by atoms with Crippen molar-refractivity contribution in [2.24, 2.45) is 31.8 Å². The average Bonchev–Trinajstić information content (AvgIpc) is 3.31. The first-order valence-corrected chi connectivity index (χ1v) is 13.1. The number of alkyl halides is 1. The Morgan fingerprint density at radius 3 is 2.39 bits per heavy atom. The first kappa shape index (κ1) is 25.5. The van der Waals surface area contributed by atoms with Gasteiger partial charge < -0.3 is 21.5 Å². The second-order valence-electron chi connectivity index (χ2n) is 7.78. The molecular weight excluding hydrogens is 479 g/mol. The molecular formula is C17H27FN8O5S2. The number of aliphatic hydroxyl groups excluding tert-OH is 1. The fourth-order valence-electron chi connectivity index (χ4n) is 3.60. The van der Waals surface area contributed by atoms with Gasteiger partial charge in [-0.3, -0.25) is 0 Å². The highest BCUT2D eigenvalue weighted by Crippen LogP contribution is 2.37. The molecule has 184 valence electrons. The Balaban J connectivity index is 2.17. The number of piperidine rings is 1. The van der Waals surface area contributed by atoms with Gasteiger partial charge in [0.05, 0.1) is 11.7 Å². The summed E-state index contributed by atoms with van der Waals surface area (Å²) in [6.45, 7) is -0.472. The Morgan fingerprint density at radius 2 is 1.88 bits per heavy atom. The Kier molecular flexibility index (Phi) is 7.47. The van der Waals surface area contributed by atoms with Crippen molar-refractivity contribution in [2.45, 2.75) is 34.4 Å². The van der Waals surface area contributed by atoms with Gasteiger partial charge in [-0.25, -0.2) is 36.1 Å². The molecule has 1 saturated heterocycles. The zero-order valence-electron chi connectivity index (χ0n) is 17.7. The number of azo groups is 1. The van der Waals surface area contributed by atoms with Crippen LogP contribution in [-0.4, -0.2) is 78.9 Å². The van der Waals surface area contributed by atoms with Crippen molar-refractivity contribution in [3.8, 4) is 0 Å². The highest BCUT2D eigenvalue weighted by Gasteiger charge is 2.37. The molecule has 1 aromatic rings. The van der Waals surface area contributed by atoms with Crippen LogP contribution in [0.3, 0.4) is 0 Å². The van der Waals surface area contributed by atoms with Crippen molar-refractivity contribution in [1.82, 2.24) is 4.72 Å². The molecule has 13 nitrogen and oxygen atoms in total. The molecule has 0 saturated carbocycles. The maximum absolute atomic E-state index is 14.6. The maximum Gasteiger partial charge on any atom is 0.242 e. The van der Waals surface area contributed by atoms with E-state index in [9.17, 15) is 26.3 Å². The van der Waals surface area contributed by atoms with Gasteiger partial charge in [0.1, 0.15) is 15.5 Å². The summed E-state index contributed by atoms with van der Waals surface area (Å²) in [4.78, 5) is 4.41. The third-order valence-corrected chi connectivity index (χ3v) is 8.08. The number of anilines is 1. The van der Waals surface area contributed by atoms with E-state index in [2.05, 4.69) is 19.9 Å². The minimum Gasteiger partial charge on any atom is -0.390 e. The Bertz CT molecular complexity index is 1160. The van der Waals surface area contributed by atoms with Crippen molar-refractivity contribution >= 4 is 31.6 Å². The van der Waals surface area contributed by atoms with Crippen LogP contribution in [0.5, 0.6) is 0 Å². The Morgan fingerprint density at radius 1 is 1.21 bits per heavy atom. The van der Waals surface area contributed by atoms with Gasteiger partial charge in [0.25, 0.3) is 0 Å². The summed E-state index contributed by atoms with van der Waals surface area (Å²) in [7, 11) is -9.08. The fraction of sp³-hybridized carbons (Fsp3) is 0.588. The van der Waals surface area contributed by atoms with Crippen molar-refractivity contribution in [1.29, 1.82) is 0 Å². The van der Waals surface area contributed by atoms with Gasteiger partial charge in [0.15, 0.2) is 12.5 Å². The van der Waals surface area contributed by atoms with Gasteiger partial charge in [-0.1, -0.05) is 0 Å². The Labute approximate surface area is 191 Å². The summed E-state index contributed by atoms with van der Waals surface area (Å²) in [5.41, 5.74) is 9.42. The van der Waals surface area contributed by atoms with Crippen LogP contribution in [0.1, 0.15) is 18.4 Å². The molecule has 2 aliphatic heterocycles. The van der Waals surface area contributed by atoms with Crippen LogP contribution < -0.4 is 26.2 Å². The molecule has 1 fully saturated rings. The van der Waals surface area contributed by atoms with E-state index in [1.807, 2.05) is 0 Å². The van der Waals surface area contributed by atoms with Gasteiger partial charge in [-0.2, -0.15) is 5.11 Å². The van der Waals surface area contributed by atoms with E-state index in [1.54, 1.807) is 4.90 Å². The standard InChI is InChI=1S/C17H27FN8O5S2/c18-17(9-20)3-5-26(6-4-17)12-1-2-13(33(30,31)24-8-11(27)7-19)15(32(21,28)29)14(12)16-22-10-23-25-16/h1-2,11,24,27H,3-10,19-20H2,(H2,21,28,29)/t11-/m1/s1. The number of nitrogens with two attached hydrogens (primary N) is 3. The minimum absolute atomic E-state index is 0.0719. The molecule has 1 aromatic carbocycles. The molecule has 0 radical (unpaired) electrons.